The predicted octanol–water partition coefficient (Wildman–Crippen LogP) is 5.15. The summed E-state index contributed by atoms with van der Waals surface area (Å²) in [5, 5.41) is 10.6. The Morgan fingerprint density at radius 1 is 1.19 bits per heavy atom. The Hall–Kier alpha value is -2.81. The fraction of sp³-hybridized carbons (Fsp3) is 0.333. The maximum Gasteiger partial charge on any atom is 0.369 e. The predicted molar refractivity (Wildman–Crippen MR) is 118 cm³/mol. The van der Waals surface area contributed by atoms with E-state index in [2.05, 4.69) is 4.98 Å². The van der Waals surface area contributed by atoms with Crippen LogP contribution in [0.1, 0.15) is 33.7 Å². The van der Waals surface area contributed by atoms with Gasteiger partial charge in [0.05, 0.1) is 23.8 Å². The largest absolute Gasteiger partial charge is 0.488 e. The highest BCUT2D eigenvalue weighted by atomic mass is 32.1. The van der Waals surface area contributed by atoms with E-state index in [0.29, 0.717) is 48.7 Å². The van der Waals surface area contributed by atoms with Crippen LogP contribution in [-0.2, 0) is 33.3 Å². The first-order valence-corrected chi connectivity index (χ1v) is 11.1. The molecule has 0 amide bonds. The fourth-order valence-corrected chi connectivity index (χ4v) is 4.57. The van der Waals surface area contributed by atoms with Crippen LogP contribution in [0, 0.1) is 13.8 Å². The summed E-state index contributed by atoms with van der Waals surface area (Å²) in [7, 11) is 0. The van der Waals surface area contributed by atoms with Gasteiger partial charge in [-0.3, -0.25) is 0 Å². The van der Waals surface area contributed by atoms with E-state index in [1.165, 1.54) is 11.3 Å². The number of carboxylic acid groups (broad SMARTS) is 1. The van der Waals surface area contributed by atoms with Crippen LogP contribution in [0.3, 0.4) is 0 Å². The number of carbonyl (C=O) groups is 1. The summed E-state index contributed by atoms with van der Waals surface area (Å²) in [5.74, 6) is -2.33. The maximum atomic E-state index is 12.7. The quantitative estimate of drug-likeness (QED) is 0.529. The second-order valence-corrected chi connectivity index (χ2v) is 8.68. The number of halogens is 1. The molecule has 1 saturated heterocycles. The minimum Gasteiger partial charge on any atom is -0.488 e. The number of rotatable bonds is 7. The lowest BCUT2D eigenvalue weighted by atomic mass is 9.99. The second kappa shape index (κ2) is 9.36. The molecule has 8 heteroatoms. The molecule has 4 rings (SSSR count). The molecule has 0 aliphatic carbocycles. The summed E-state index contributed by atoms with van der Waals surface area (Å²) in [4.78, 5) is 17.5. The normalized spacial score (nSPS) is 15.5. The van der Waals surface area contributed by atoms with Crippen molar-refractivity contribution in [1.29, 1.82) is 0 Å². The number of hydrogen-bond acceptors (Lipinski definition) is 6. The molecule has 32 heavy (non-hydrogen) atoms. The highest BCUT2D eigenvalue weighted by molar-refractivity contribution is 7.15. The third-order valence-corrected chi connectivity index (χ3v) is 6.53. The molecule has 0 atom stereocenters. The van der Waals surface area contributed by atoms with Crippen molar-refractivity contribution in [3.05, 3.63) is 69.7 Å². The van der Waals surface area contributed by atoms with Crippen molar-refractivity contribution in [2.45, 2.75) is 39.3 Å². The van der Waals surface area contributed by atoms with Crippen molar-refractivity contribution in [3.63, 3.8) is 0 Å². The molecule has 0 radical (unpaired) electrons. The number of aromatic nitrogens is 1. The van der Waals surface area contributed by atoms with Gasteiger partial charge in [-0.1, -0.05) is 24.3 Å². The zero-order chi connectivity index (χ0) is 22.7. The Morgan fingerprint density at radius 2 is 1.91 bits per heavy atom. The minimum atomic E-state index is -1.78. The molecule has 168 valence electrons. The van der Waals surface area contributed by atoms with Crippen LogP contribution in [0.4, 0.5) is 4.39 Å². The van der Waals surface area contributed by atoms with Gasteiger partial charge in [-0.05, 0) is 49.6 Å². The van der Waals surface area contributed by atoms with Gasteiger partial charge < -0.3 is 19.3 Å². The molecular weight excluding hydrogens is 433 g/mol. The summed E-state index contributed by atoms with van der Waals surface area (Å²) in [6.07, 6.45) is 0.658. The zero-order valence-electron chi connectivity index (χ0n) is 17.9. The summed E-state index contributed by atoms with van der Waals surface area (Å²) in [5.41, 5.74) is 3.62. The number of carboxylic acids is 1. The molecule has 1 aliphatic rings. The average Bonchev–Trinajstić information content (AvgIpc) is 3.18. The molecule has 0 saturated carbocycles. The third-order valence-electron chi connectivity index (χ3n) is 5.35. The monoisotopic (exact) mass is 457 g/mol. The smallest absolute Gasteiger partial charge is 0.369 e. The van der Waals surface area contributed by atoms with Gasteiger partial charge in [-0.2, -0.15) is 0 Å². The van der Waals surface area contributed by atoms with Crippen molar-refractivity contribution in [2.75, 3.05) is 13.2 Å². The Balaban J connectivity index is 1.49. The Kier molecular flexibility index (Phi) is 6.55. The van der Waals surface area contributed by atoms with Gasteiger partial charge in [0.25, 0.3) is 5.79 Å². The van der Waals surface area contributed by atoms with Crippen molar-refractivity contribution in [1.82, 2.24) is 4.98 Å². The van der Waals surface area contributed by atoms with Crippen LogP contribution in [0.25, 0.3) is 10.6 Å². The first-order valence-electron chi connectivity index (χ1n) is 10.3. The van der Waals surface area contributed by atoms with Crippen molar-refractivity contribution < 1.29 is 28.5 Å². The number of aryl methyl sites for hydroxylation is 2. The average molecular weight is 458 g/mol. The van der Waals surface area contributed by atoms with E-state index >= 15 is 0 Å². The lowest BCUT2D eigenvalue weighted by Gasteiger charge is -2.34. The number of hydrogen-bond donors (Lipinski definition) is 1. The van der Waals surface area contributed by atoms with Gasteiger partial charge in [0, 0.05) is 11.1 Å². The van der Waals surface area contributed by atoms with Gasteiger partial charge in [0.2, 0.25) is 0 Å². The van der Waals surface area contributed by atoms with Crippen LogP contribution < -0.4 is 4.74 Å². The molecule has 0 spiro atoms. The molecule has 1 N–H and O–H groups in total. The number of benzene rings is 2. The van der Waals surface area contributed by atoms with E-state index in [9.17, 15) is 14.3 Å². The lowest BCUT2D eigenvalue weighted by molar-refractivity contribution is -0.273. The third kappa shape index (κ3) is 4.39. The molecule has 1 aliphatic heterocycles. The van der Waals surface area contributed by atoms with Gasteiger partial charge in [0.15, 0.2) is 0 Å². The summed E-state index contributed by atoms with van der Waals surface area (Å²) >= 11 is 1.53. The van der Waals surface area contributed by atoms with E-state index in [0.717, 1.165) is 21.1 Å². The van der Waals surface area contributed by atoms with E-state index in [4.69, 9.17) is 14.2 Å². The maximum absolute atomic E-state index is 12.7. The van der Waals surface area contributed by atoms with Crippen LogP contribution in [0.15, 0.2) is 42.5 Å². The highest BCUT2D eigenvalue weighted by Crippen LogP contribution is 2.35. The summed E-state index contributed by atoms with van der Waals surface area (Å²) in [6.45, 7) is 4.24. The first kappa shape index (κ1) is 22.4. The molecule has 0 bridgehead atoms. The number of ether oxygens (including phenoxy) is 3. The molecule has 0 unspecified atom stereocenters. The Labute approximate surface area is 189 Å². The van der Waals surface area contributed by atoms with Gasteiger partial charge in [-0.25, -0.2) is 14.2 Å². The van der Waals surface area contributed by atoms with Crippen LogP contribution in [0.5, 0.6) is 5.75 Å². The first-order chi connectivity index (χ1) is 15.4. The highest BCUT2D eigenvalue weighted by Gasteiger charge is 2.46. The fourth-order valence-electron chi connectivity index (χ4n) is 3.59. The van der Waals surface area contributed by atoms with Crippen LogP contribution >= 0.6 is 11.3 Å². The standard InChI is InChI=1S/C24H24FNO5S/c1-15-12-19(8-9-20(15)24(23(27)28)30-10-3-11-31-24)29-14-21-16(2)26-22(32-21)18-6-4-17(13-25)5-7-18/h4-9,12H,3,10-11,13-14H2,1-2H3,(H,27,28). The SMILES string of the molecule is Cc1cc(OCc2sc(-c3ccc(CF)cc3)nc2C)ccc1C1(C(=O)O)OCCCO1. The summed E-state index contributed by atoms with van der Waals surface area (Å²) < 4.78 is 29.8. The molecule has 2 heterocycles. The van der Waals surface area contributed by atoms with Crippen LogP contribution in [0.2, 0.25) is 0 Å². The molecule has 3 aromatic rings. The Morgan fingerprint density at radius 3 is 2.53 bits per heavy atom. The van der Waals surface area contributed by atoms with Gasteiger partial charge in [0.1, 0.15) is 24.0 Å². The topological polar surface area (TPSA) is 77.9 Å². The number of aliphatic carboxylic acids is 1. The zero-order valence-corrected chi connectivity index (χ0v) is 18.7. The van der Waals surface area contributed by atoms with Gasteiger partial charge in [-0.15, -0.1) is 11.3 Å². The molecule has 1 aromatic heterocycles. The Bertz CT molecular complexity index is 1110. The van der Waals surface area contributed by atoms with E-state index in [1.807, 2.05) is 26.0 Å². The molecule has 2 aromatic carbocycles. The van der Waals surface area contributed by atoms with E-state index in [1.54, 1.807) is 30.3 Å². The lowest BCUT2D eigenvalue weighted by Crippen LogP contribution is -2.45. The summed E-state index contributed by atoms with van der Waals surface area (Å²) in [6, 6.07) is 12.4. The molecule has 6 nitrogen and oxygen atoms in total. The number of thiazole rings is 1. The van der Waals surface area contributed by atoms with Crippen LogP contribution in [-0.4, -0.2) is 29.3 Å². The van der Waals surface area contributed by atoms with E-state index in [-0.39, 0.29) is 0 Å². The van der Waals surface area contributed by atoms with Crippen molar-refractivity contribution >= 4 is 17.3 Å². The van der Waals surface area contributed by atoms with Crippen molar-refractivity contribution in [3.8, 4) is 16.3 Å². The second-order valence-electron chi connectivity index (χ2n) is 7.60. The number of nitrogens with zero attached hydrogens (tertiary/aromatic N) is 1. The van der Waals surface area contributed by atoms with E-state index < -0.39 is 18.4 Å². The van der Waals surface area contributed by atoms with Gasteiger partial charge >= 0.3 is 5.97 Å². The molecular formula is C24H24FNO5S. The van der Waals surface area contributed by atoms with Crippen molar-refractivity contribution in [2.24, 2.45) is 0 Å². The molecule has 1 fully saturated rings. The minimum absolute atomic E-state index is 0.327. The number of alkyl halides is 1.